The maximum Gasteiger partial charge on any atom is 0.310 e. The topological polar surface area (TPSA) is 88.2 Å². The normalized spacial score (nSPS) is 18.0. The first kappa shape index (κ1) is 20.6. The molecule has 2 amide bonds. The van der Waals surface area contributed by atoms with E-state index >= 15 is 0 Å². The molecule has 2 aromatic rings. The number of benzene rings is 2. The van der Waals surface area contributed by atoms with Crippen LogP contribution in [0, 0.1) is 5.82 Å². The van der Waals surface area contributed by atoms with Crippen LogP contribution < -0.4 is 15.0 Å². The number of hydrogen-bond donors (Lipinski definition) is 1. The van der Waals surface area contributed by atoms with Gasteiger partial charge >= 0.3 is 5.97 Å². The van der Waals surface area contributed by atoms with Crippen LogP contribution in [0.25, 0.3) is 0 Å². The molecule has 2 heterocycles. The first-order valence-electron chi connectivity index (χ1n) is 10.00. The zero-order chi connectivity index (χ0) is 21.8. The number of fused-ring (bicyclic) bond motifs is 1. The van der Waals surface area contributed by atoms with Crippen molar-refractivity contribution in [3.63, 3.8) is 0 Å². The summed E-state index contributed by atoms with van der Waals surface area (Å²) in [7, 11) is 0. The number of hydrogen-bond acceptors (Lipinski definition) is 6. The zero-order valence-corrected chi connectivity index (χ0v) is 16.8. The molecule has 0 saturated carbocycles. The monoisotopic (exact) mass is 427 g/mol. The van der Waals surface area contributed by atoms with Crippen LogP contribution in [0.5, 0.6) is 5.75 Å². The molecule has 4 rings (SSSR count). The van der Waals surface area contributed by atoms with Crippen molar-refractivity contribution >= 4 is 29.2 Å². The van der Waals surface area contributed by atoms with Gasteiger partial charge in [0.1, 0.15) is 11.6 Å². The predicted molar refractivity (Wildman–Crippen MR) is 110 cm³/mol. The number of amides is 2. The molecule has 1 unspecified atom stereocenters. The maximum atomic E-state index is 13.1. The fourth-order valence-corrected chi connectivity index (χ4v) is 3.54. The quantitative estimate of drug-likeness (QED) is 0.733. The lowest BCUT2D eigenvalue weighted by atomic mass is 10.1. The number of carbonyl (C=O) groups excluding carboxylic acids is 3. The molecule has 0 aliphatic carbocycles. The number of anilines is 2. The summed E-state index contributed by atoms with van der Waals surface area (Å²) < 4.78 is 23.7. The van der Waals surface area contributed by atoms with E-state index < -0.39 is 18.0 Å². The van der Waals surface area contributed by atoms with E-state index in [-0.39, 0.29) is 24.8 Å². The average molecular weight is 427 g/mol. The van der Waals surface area contributed by atoms with Crippen molar-refractivity contribution in [3.05, 3.63) is 54.3 Å². The second kappa shape index (κ2) is 9.03. The van der Waals surface area contributed by atoms with Gasteiger partial charge in [-0.05, 0) is 36.4 Å². The van der Waals surface area contributed by atoms with Crippen LogP contribution in [0.4, 0.5) is 15.8 Å². The van der Waals surface area contributed by atoms with Crippen molar-refractivity contribution in [2.45, 2.75) is 12.5 Å². The number of para-hydroxylation sites is 2. The van der Waals surface area contributed by atoms with Gasteiger partial charge in [-0.25, -0.2) is 4.39 Å². The number of halogens is 1. The number of nitrogens with zero attached hydrogens (tertiary/aromatic N) is 2. The third-order valence-corrected chi connectivity index (χ3v) is 5.24. The predicted octanol–water partition coefficient (Wildman–Crippen LogP) is 1.81. The molecular formula is C22H22FN3O5. The van der Waals surface area contributed by atoms with E-state index in [9.17, 15) is 18.8 Å². The fraction of sp³-hybridized carbons (Fsp3) is 0.318. The summed E-state index contributed by atoms with van der Waals surface area (Å²) in [6, 6.07) is 13.1. The van der Waals surface area contributed by atoms with Crippen molar-refractivity contribution in [3.8, 4) is 5.75 Å². The van der Waals surface area contributed by atoms with E-state index in [4.69, 9.17) is 9.47 Å². The Morgan fingerprint density at radius 2 is 1.77 bits per heavy atom. The van der Waals surface area contributed by atoms with Gasteiger partial charge in [0.25, 0.3) is 11.8 Å². The average Bonchev–Trinajstić information content (AvgIpc) is 2.78. The first-order chi connectivity index (χ1) is 15.0. The first-order valence-corrected chi connectivity index (χ1v) is 10.00. The molecule has 8 nitrogen and oxygen atoms in total. The number of nitrogens with one attached hydrogen (secondary N) is 1. The van der Waals surface area contributed by atoms with Crippen molar-refractivity contribution in [2.24, 2.45) is 0 Å². The SMILES string of the molecule is O=C(CC1Oc2ccccc2NC1=O)OCC(=O)N1CCN(c2ccc(F)cc2)CC1. The molecule has 162 valence electrons. The number of esters is 1. The number of ether oxygens (including phenoxy) is 2. The van der Waals surface area contributed by atoms with Gasteiger partial charge in [0.15, 0.2) is 12.7 Å². The van der Waals surface area contributed by atoms with Crippen molar-refractivity contribution in [1.82, 2.24) is 4.90 Å². The second-order valence-corrected chi connectivity index (χ2v) is 7.30. The van der Waals surface area contributed by atoms with Crippen LogP contribution in [-0.2, 0) is 19.1 Å². The molecule has 2 aromatic carbocycles. The number of piperazine rings is 1. The van der Waals surface area contributed by atoms with Crippen molar-refractivity contribution < 1.29 is 28.2 Å². The Morgan fingerprint density at radius 1 is 1.06 bits per heavy atom. The largest absolute Gasteiger partial charge is 0.478 e. The van der Waals surface area contributed by atoms with Crippen molar-refractivity contribution in [2.75, 3.05) is 43.0 Å². The lowest BCUT2D eigenvalue weighted by molar-refractivity contribution is -0.154. The highest BCUT2D eigenvalue weighted by Gasteiger charge is 2.30. The Morgan fingerprint density at radius 3 is 2.52 bits per heavy atom. The van der Waals surface area contributed by atoms with Crippen LogP contribution in [0.3, 0.4) is 0 Å². The van der Waals surface area contributed by atoms with Gasteiger partial charge in [-0.2, -0.15) is 0 Å². The van der Waals surface area contributed by atoms with E-state index in [1.165, 1.54) is 12.1 Å². The third-order valence-electron chi connectivity index (χ3n) is 5.24. The minimum atomic E-state index is -1.00. The summed E-state index contributed by atoms with van der Waals surface area (Å²) in [4.78, 5) is 40.3. The molecule has 0 aromatic heterocycles. The van der Waals surface area contributed by atoms with Gasteiger partial charge in [0, 0.05) is 31.9 Å². The van der Waals surface area contributed by atoms with Gasteiger partial charge in [-0.15, -0.1) is 0 Å². The minimum absolute atomic E-state index is 0.286. The summed E-state index contributed by atoms with van der Waals surface area (Å²) in [6.07, 6.45) is -1.29. The summed E-state index contributed by atoms with van der Waals surface area (Å²) in [5.41, 5.74) is 1.44. The molecule has 0 bridgehead atoms. The standard InChI is InChI=1S/C22H22FN3O5/c23-15-5-7-16(8-6-15)25-9-11-26(12-10-25)20(27)14-30-21(28)13-19-22(29)24-17-3-1-2-4-18(17)31-19/h1-8,19H,9-14H2,(H,24,29). The molecular weight excluding hydrogens is 405 g/mol. The Bertz CT molecular complexity index is 973. The zero-order valence-electron chi connectivity index (χ0n) is 16.8. The Balaban J connectivity index is 1.22. The van der Waals surface area contributed by atoms with E-state index in [1.54, 1.807) is 41.3 Å². The molecule has 2 aliphatic rings. The van der Waals surface area contributed by atoms with Crippen LogP contribution in [0.1, 0.15) is 6.42 Å². The van der Waals surface area contributed by atoms with Gasteiger partial charge < -0.3 is 24.6 Å². The summed E-state index contributed by atoms with van der Waals surface area (Å²) in [6.45, 7) is 1.75. The smallest absolute Gasteiger partial charge is 0.310 e. The summed E-state index contributed by atoms with van der Waals surface area (Å²) in [5.74, 6) is -1.22. The van der Waals surface area contributed by atoms with Gasteiger partial charge in [-0.3, -0.25) is 14.4 Å². The number of carbonyl (C=O) groups is 3. The fourth-order valence-electron chi connectivity index (χ4n) is 3.54. The van der Waals surface area contributed by atoms with Crippen LogP contribution in [0.2, 0.25) is 0 Å². The van der Waals surface area contributed by atoms with Gasteiger partial charge in [-0.1, -0.05) is 12.1 Å². The Kier molecular flexibility index (Phi) is 6.01. The van der Waals surface area contributed by atoms with E-state index in [1.807, 2.05) is 0 Å². The maximum absolute atomic E-state index is 13.1. The molecule has 1 saturated heterocycles. The second-order valence-electron chi connectivity index (χ2n) is 7.30. The number of rotatable bonds is 5. The van der Waals surface area contributed by atoms with Gasteiger partial charge in [0.05, 0.1) is 12.1 Å². The Labute approximate surface area is 178 Å². The summed E-state index contributed by atoms with van der Waals surface area (Å²) in [5, 5.41) is 2.68. The van der Waals surface area contributed by atoms with E-state index in [2.05, 4.69) is 10.2 Å². The van der Waals surface area contributed by atoms with Gasteiger partial charge in [0.2, 0.25) is 0 Å². The highest BCUT2D eigenvalue weighted by Crippen LogP contribution is 2.29. The molecule has 31 heavy (non-hydrogen) atoms. The lowest BCUT2D eigenvalue weighted by Gasteiger charge is -2.36. The molecule has 9 heteroatoms. The lowest BCUT2D eigenvalue weighted by Crippen LogP contribution is -2.50. The van der Waals surface area contributed by atoms with E-state index in [0.717, 1.165) is 5.69 Å². The Hall–Kier alpha value is -3.62. The van der Waals surface area contributed by atoms with Crippen LogP contribution in [-0.4, -0.2) is 61.6 Å². The molecule has 0 radical (unpaired) electrons. The molecule has 1 N–H and O–H groups in total. The van der Waals surface area contributed by atoms with Crippen LogP contribution >= 0.6 is 0 Å². The minimum Gasteiger partial charge on any atom is -0.478 e. The highest BCUT2D eigenvalue weighted by atomic mass is 19.1. The molecule has 0 spiro atoms. The molecule has 1 fully saturated rings. The highest BCUT2D eigenvalue weighted by molar-refractivity contribution is 5.99. The van der Waals surface area contributed by atoms with Crippen LogP contribution in [0.15, 0.2) is 48.5 Å². The summed E-state index contributed by atoms with van der Waals surface area (Å²) >= 11 is 0. The third kappa shape index (κ3) is 4.93. The van der Waals surface area contributed by atoms with E-state index in [0.29, 0.717) is 37.6 Å². The van der Waals surface area contributed by atoms with Crippen molar-refractivity contribution in [1.29, 1.82) is 0 Å². The molecule has 1 atom stereocenters. The molecule has 2 aliphatic heterocycles.